The first-order valence-corrected chi connectivity index (χ1v) is 6.09. The van der Waals surface area contributed by atoms with Gasteiger partial charge < -0.3 is 15.4 Å². The standard InChI is InChI=1S/C14H17N5O/c1-9-8-10(13(15)16)18-14(17-9)19(2)11-6-4-5-7-12(11)20-3/h4-8H,1-3H3,(H3,15,16). The van der Waals surface area contributed by atoms with E-state index in [0.717, 1.165) is 17.1 Å². The molecule has 2 rings (SSSR count). The van der Waals surface area contributed by atoms with Crippen molar-refractivity contribution in [2.45, 2.75) is 6.92 Å². The third-order valence-electron chi connectivity index (χ3n) is 2.86. The average Bonchev–Trinajstić information content (AvgIpc) is 2.45. The molecule has 1 aromatic heterocycles. The summed E-state index contributed by atoms with van der Waals surface area (Å²) >= 11 is 0. The minimum atomic E-state index is -0.0785. The fourth-order valence-electron chi connectivity index (χ4n) is 1.86. The summed E-state index contributed by atoms with van der Waals surface area (Å²) in [5.41, 5.74) is 7.50. The van der Waals surface area contributed by atoms with Gasteiger partial charge in [-0.2, -0.15) is 0 Å². The molecule has 0 saturated heterocycles. The second kappa shape index (κ2) is 5.56. The van der Waals surface area contributed by atoms with Crippen molar-refractivity contribution in [3.63, 3.8) is 0 Å². The molecule has 1 aromatic carbocycles. The second-order valence-electron chi connectivity index (χ2n) is 4.34. The van der Waals surface area contributed by atoms with Crippen LogP contribution in [0.5, 0.6) is 5.75 Å². The first kappa shape index (κ1) is 13.8. The van der Waals surface area contributed by atoms with E-state index in [9.17, 15) is 0 Å². The Bertz CT molecular complexity index is 641. The largest absolute Gasteiger partial charge is 0.495 e. The summed E-state index contributed by atoms with van der Waals surface area (Å²) in [5.74, 6) is 1.12. The lowest BCUT2D eigenvalue weighted by atomic mass is 10.2. The van der Waals surface area contributed by atoms with Gasteiger partial charge in [0.1, 0.15) is 17.3 Å². The molecule has 0 aliphatic rings. The number of hydrogen-bond donors (Lipinski definition) is 2. The quantitative estimate of drug-likeness (QED) is 0.654. The van der Waals surface area contributed by atoms with Crippen molar-refractivity contribution in [2.75, 3.05) is 19.1 Å². The van der Waals surface area contributed by atoms with Crippen LogP contribution in [-0.2, 0) is 0 Å². The van der Waals surface area contributed by atoms with Gasteiger partial charge in [0, 0.05) is 12.7 Å². The van der Waals surface area contributed by atoms with Gasteiger partial charge in [0.05, 0.1) is 12.8 Å². The normalized spacial score (nSPS) is 10.2. The Hall–Kier alpha value is -2.63. The third kappa shape index (κ3) is 2.69. The van der Waals surface area contributed by atoms with Gasteiger partial charge in [-0.05, 0) is 25.1 Å². The minimum absolute atomic E-state index is 0.0785. The molecule has 0 aliphatic carbocycles. The molecule has 0 saturated carbocycles. The number of nitrogens with one attached hydrogen (secondary N) is 1. The number of nitrogen functional groups attached to an aromatic ring is 1. The van der Waals surface area contributed by atoms with Crippen molar-refractivity contribution >= 4 is 17.5 Å². The maximum Gasteiger partial charge on any atom is 0.230 e. The van der Waals surface area contributed by atoms with Gasteiger partial charge in [-0.25, -0.2) is 9.97 Å². The molecule has 0 radical (unpaired) electrons. The lowest BCUT2D eigenvalue weighted by Gasteiger charge is -2.20. The highest BCUT2D eigenvalue weighted by Crippen LogP contribution is 2.30. The number of aryl methyl sites for hydroxylation is 1. The molecule has 1 heterocycles. The van der Waals surface area contributed by atoms with E-state index in [2.05, 4.69) is 9.97 Å². The number of rotatable bonds is 4. The number of aromatic nitrogens is 2. The first-order chi connectivity index (χ1) is 9.52. The number of para-hydroxylation sites is 2. The van der Waals surface area contributed by atoms with Gasteiger partial charge in [0.25, 0.3) is 0 Å². The van der Waals surface area contributed by atoms with Gasteiger partial charge in [-0.3, -0.25) is 5.41 Å². The summed E-state index contributed by atoms with van der Waals surface area (Å²) in [5, 5.41) is 7.50. The summed E-state index contributed by atoms with van der Waals surface area (Å²) < 4.78 is 5.33. The number of nitrogens with zero attached hydrogens (tertiary/aromatic N) is 3. The molecular formula is C14H17N5O. The summed E-state index contributed by atoms with van der Waals surface area (Å²) in [4.78, 5) is 10.5. The molecule has 0 fully saturated rings. The Kier molecular flexibility index (Phi) is 3.84. The molecular weight excluding hydrogens is 254 g/mol. The predicted octanol–water partition coefficient (Wildman–Crippen LogP) is 1.85. The highest BCUT2D eigenvalue weighted by Gasteiger charge is 2.13. The molecule has 3 N–H and O–H groups in total. The van der Waals surface area contributed by atoms with Gasteiger partial charge >= 0.3 is 0 Å². The number of anilines is 2. The Morgan fingerprint density at radius 3 is 2.65 bits per heavy atom. The van der Waals surface area contributed by atoms with Crippen molar-refractivity contribution in [3.05, 3.63) is 41.7 Å². The number of benzene rings is 1. The van der Waals surface area contributed by atoms with Crippen LogP contribution >= 0.6 is 0 Å². The van der Waals surface area contributed by atoms with Crippen LogP contribution < -0.4 is 15.4 Å². The molecule has 0 unspecified atom stereocenters. The van der Waals surface area contributed by atoms with Crippen molar-refractivity contribution in [1.29, 1.82) is 5.41 Å². The minimum Gasteiger partial charge on any atom is -0.495 e. The molecule has 6 nitrogen and oxygen atoms in total. The Morgan fingerprint density at radius 2 is 2.00 bits per heavy atom. The van der Waals surface area contributed by atoms with E-state index in [-0.39, 0.29) is 5.84 Å². The van der Waals surface area contributed by atoms with E-state index in [1.807, 2.05) is 38.2 Å². The number of amidine groups is 1. The summed E-state index contributed by atoms with van der Waals surface area (Å²) in [7, 11) is 3.46. The van der Waals surface area contributed by atoms with Gasteiger partial charge in [-0.15, -0.1) is 0 Å². The van der Waals surface area contributed by atoms with Crippen molar-refractivity contribution in [2.24, 2.45) is 5.73 Å². The SMILES string of the molecule is COc1ccccc1N(C)c1nc(C)cc(C(=N)N)n1. The van der Waals surface area contributed by atoms with Crippen LogP contribution in [0.3, 0.4) is 0 Å². The monoisotopic (exact) mass is 271 g/mol. The van der Waals surface area contributed by atoms with E-state index < -0.39 is 0 Å². The van der Waals surface area contributed by atoms with E-state index in [4.69, 9.17) is 15.9 Å². The Labute approximate surface area is 117 Å². The average molecular weight is 271 g/mol. The van der Waals surface area contributed by atoms with Crippen LogP contribution in [0.15, 0.2) is 30.3 Å². The van der Waals surface area contributed by atoms with E-state index in [1.54, 1.807) is 18.1 Å². The molecule has 0 aliphatic heterocycles. The fraction of sp³-hybridized carbons (Fsp3) is 0.214. The van der Waals surface area contributed by atoms with Crippen molar-refractivity contribution < 1.29 is 4.74 Å². The topological polar surface area (TPSA) is 88.1 Å². The Balaban J connectivity index is 2.47. The zero-order chi connectivity index (χ0) is 14.7. The smallest absolute Gasteiger partial charge is 0.230 e. The molecule has 0 atom stereocenters. The molecule has 0 spiro atoms. The molecule has 2 aromatic rings. The number of hydrogen-bond acceptors (Lipinski definition) is 5. The highest BCUT2D eigenvalue weighted by atomic mass is 16.5. The van der Waals surface area contributed by atoms with E-state index in [1.165, 1.54) is 0 Å². The van der Waals surface area contributed by atoms with Gasteiger partial charge in [0.2, 0.25) is 5.95 Å². The number of methoxy groups -OCH3 is 1. The number of nitrogens with two attached hydrogens (primary N) is 1. The van der Waals surface area contributed by atoms with Crippen molar-refractivity contribution in [1.82, 2.24) is 9.97 Å². The molecule has 0 bridgehead atoms. The van der Waals surface area contributed by atoms with Crippen LogP contribution in [0.2, 0.25) is 0 Å². The van der Waals surface area contributed by atoms with Gasteiger partial charge in [0.15, 0.2) is 0 Å². The second-order valence-corrected chi connectivity index (χ2v) is 4.34. The lowest BCUT2D eigenvalue weighted by molar-refractivity contribution is 0.415. The van der Waals surface area contributed by atoms with Crippen LogP contribution in [0.1, 0.15) is 11.4 Å². The molecule has 6 heteroatoms. The fourth-order valence-corrected chi connectivity index (χ4v) is 1.86. The highest BCUT2D eigenvalue weighted by molar-refractivity contribution is 5.93. The predicted molar refractivity (Wildman–Crippen MR) is 78.8 cm³/mol. The maximum absolute atomic E-state index is 7.50. The lowest BCUT2D eigenvalue weighted by Crippen LogP contribution is -2.19. The first-order valence-electron chi connectivity index (χ1n) is 6.09. The Morgan fingerprint density at radius 1 is 1.30 bits per heavy atom. The summed E-state index contributed by atoms with van der Waals surface area (Å²) in [6, 6.07) is 9.28. The maximum atomic E-state index is 7.50. The number of ether oxygens (including phenoxy) is 1. The van der Waals surface area contributed by atoms with Crippen LogP contribution in [0, 0.1) is 12.3 Å². The van der Waals surface area contributed by atoms with E-state index in [0.29, 0.717) is 11.6 Å². The zero-order valence-corrected chi connectivity index (χ0v) is 11.7. The van der Waals surface area contributed by atoms with Crippen LogP contribution in [0.4, 0.5) is 11.6 Å². The molecule has 104 valence electrons. The van der Waals surface area contributed by atoms with E-state index >= 15 is 0 Å². The summed E-state index contributed by atoms with van der Waals surface area (Å²) in [6.07, 6.45) is 0. The third-order valence-corrected chi connectivity index (χ3v) is 2.86. The molecule has 20 heavy (non-hydrogen) atoms. The molecule has 0 amide bonds. The van der Waals surface area contributed by atoms with Crippen LogP contribution in [0.25, 0.3) is 0 Å². The zero-order valence-electron chi connectivity index (χ0n) is 11.7. The summed E-state index contributed by atoms with van der Waals surface area (Å²) in [6.45, 7) is 1.84. The van der Waals surface area contributed by atoms with Crippen LogP contribution in [-0.4, -0.2) is 30.0 Å². The van der Waals surface area contributed by atoms with Gasteiger partial charge in [-0.1, -0.05) is 12.1 Å². The van der Waals surface area contributed by atoms with Crippen molar-refractivity contribution in [3.8, 4) is 5.75 Å².